The van der Waals surface area contributed by atoms with E-state index < -0.39 is 6.61 Å². The average Bonchev–Trinajstić information content (AvgIpc) is 3.46. The molecule has 2 fully saturated rings. The van der Waals surface area contributed by atoms with Crippen LogP contribution in [0.2, 0.25) is 0 Å². The number of hydrogen-bond acceptors (Lipinski definition) is 4. The number of halogens is 2. The standard InChI is InChI=1S/C20H22F2N2O3/c21-20(22)27-17-4-1-12-9-13(11-23-18(12)10-17)19(25)24-14-2-5-15(6-3-14)26-16-7-8-16/h1,4,9-11,14-16,20H,2-3,5-8H2,(H,24,25). The smallest absolute Gasteiger partial charge is 0.387 e. The predicted molar refractivity (Wildman–Crippen MR) is 96.0 cm³/mol. The minimum absolute atomic E-state index is 0.0485. The van der Waals surface area contributed by atoms with E-state index in [9.17, 15) is 13.6 Å². The molecule has 144 valence electrons. The van der Waals surface area contributed by atoms with Gasteiger partial charge in [-0.05, 0) is 56.7 Å². The summed E-state index contributed by atoms with van der Waals surface area (Å²) in [5.74, 6) is -0.115. The summed E-state index contributed by atoms with van der Waals surface area (Å²) in [5.41, 5.74) is 0.962. The van der Waals surface area contributed by atoms with Crippen LogP contribution in [0.1, 0.15) is 48.9 Å². The van der Waals surface area contributed by atoms with Crippen molar-refractivity contribution in [1.29, 1.82) is 0 Å². The average molecular weight is 376 g/mol. The molecule has 2 aromatic rings. The van der Waals surface area contributed by atoms with Crippen molar-refractivity contribution in [3.8, 4) is 5.75 Å². The third-order valence-electron chi connectivity index (χ3n) is 5.06. The molecule has 27 heavy (non-hydrogen) atoms. The third kappa shape index (κ3) is 4.71. The van der Waals surface area contributed by atoms with Crippen molar-refractivity contribution in [1.82, 2.24) is 10.3 Å². The Morgan fingerprint density at radius 1 is 1.07 bits per heavy atom. The lowest BCUT2D eigenvalue weighted by Crippen LogP contribution is -2.39. The van der Waals surface area contributed by atoms with Gasteiger partial charge in [0, 0.05) is 23.7 Å². The van der Waals surface area contributed by atoms with Crippen molar-refractivity contribution < 1.29 is 23.0 Å². The SMILES string of the molecule is O=C(NC1CCC(OC2CC2)CC1)c1cnc2cc(OC(F)F)ccc2c1. The third-order valence-corrected chi connectivity index (χ3v) is 5.06. The van der Waals surface area contributed by atoms with E-state index in [1.54, 1.807) is 12.1 Å². The van der Waals surface area contributed by atoms with Crippen molar-refractivity contribution in [2.45, 2.75) is 63.4 Å². The van der Waals surface area contributed by atoms with E-state index in [2.05, 4.69) is 15.0 Å². The predicted octanol–water partition coefficient (Wildman–Crippen LogP) is 4.06. The zero-order valence-electron chi connectivity index (χ0n) is 14.9. The molecule has 0 saturated heterocycles. The number of rotatable bonds is 6. The first-order chi connectivity index (χ1) is 13.1. The first kappa shape index (κ1) is 18.1. The van der Waals surface area contributed by atoms with Crippen molar-refractivity contribution in [2.75, 3.05) is 0 Å². The Kier molecular flexibility index (Phi) is 5.20. The highest BCUT2D eigenvalue weighted by molar-refractivity contribution is 5.97. The maximum absolute atomic E-state index is 12.5. The number of hydrogen-bond donors (Lipinski definition) is 1. The largest absolute Gasteiger partial charge is 0.435 e. The molecule has 1 heterocycles. The number of benzene rings is 1. The zero-order chi connectivity index (χ0) is 18.8. The minimum atomic E-state index is -2.88. The van der Waals surface area contributed by atoms with Crippen molar-refractivity contribution in [2.24, 2.45) is 0 Å². The summed E-state index contributed by atoms with van der Waals surface area (Å²) in [6.07, 6.45) is 8.41. The van der Waals surface area contributed by atoms with E-state index in [1.165, 1.54) is 31.2 Å². The Hall–Kier alpha value is -2.28. The lowest BCUT2D eigenvalue weighted by molar-refractivity contribution is -0.0497. The van der Waals surface area contributed by atoms with Gasteiger partial charge in [-0.1, -0.05) is 0 Å². The van der Waals surface area contributed by atoms with Crippen LogP contribution in [0, 0.1) is 0 Å². The Labute approximate surface area is 156 Å². The Balaban J connectivity index is 1.36. The molecule has 1 aromatic heterocycles. The van der Waals surface area contributed by atoms with Crippen LogP contribution in [0.4, 0.5) is 8.78 Å². The molecule has 1 aromatic carbocycles. The number of alkyl halides is 2. The molecule has 7 heteroatoms. The summed E-state index contributed by atoms with van der Waals surface area (Å²) in [6.45, 7) is -2.88. The van der Waals surface area contributed by atoms with Gasteiger partial charge >= 0.3 is 6.61 Å². The van der Waals surface area contributed by atoms with Crippen LogP contribution in [0.5, 0.6) is 5.75 Å². The highest BCUT2D eigenvalue weighted by Crippen LogP contribution is 2.30. The molecule has 4 rings (SSSR count). The van der Waals surface area contributed by atoms with E-state index in [0.717, 1.165) is 25.7 Å². The van der Waals surface area contributed by atoms with Crippen LogP contribution in [0.25, 0.3) is 10.9 Å². The molecule has 0 spiro atoms. The van der Waals surface area contributed by atoms with E-state index in [0.29, 0.717) is 28.7 Å². The molecule has 0 unspecified atom stereocenters. The number of nitrogens with one attached hydrogen (secondary N) is 1. The van der Waals surface area contributed by atoms with E-state index in [1.807, 2.05) is 0 Å². The van der Waals surface area contributed by atoms with Crippen LogP contribution >= 0.6 is 0 Å². The number of carbonyl (C=O) groups excluding carboxylic acids is 1. The van der Waals surface area contributed by atoms with Crippen molar-refractivity contribution >= 4 is 16.8 Å². The molecule has 2 aliphatic carbocycles. The maximum atomic E-state index is 12.5. The zero-order valence-corrected chi connectivity index (χ0v) is 14.9. The van der Waals surface area contributed by atoms with Gasteiger partial charge in [0.15, 0.2) is 0 Å². The summed E-state index contributed by atoms with van der Waals surface area (Å²) in [7, 11) is 0. The molecule has 0 aliphatic heterocycles. The van der Waals surface area contributed by atoms with Gasteiger partial charge in [0.25, 0.3) is 5.91 Å². The summed E-state index contributed by atoms with van der Waals surface area (Å²) in [5, 5.41) is 3.77. The van der Waals surface area contributed by atoms with Crippen LogP contribution in [-0.4, -0.2) is 35.8 Å². The molecule has 1 N–H and O–H groups in total. The molecule has 2 saturated carbocycles. The molecule has 0 atom stereocenters. The van der Waals surface area contributed by atoms with E-state index >= 15 is 0 Å². The van der Waals surface area contributed by atoms with Crippen molar-refractivity contribution in [3.05, 3.63) is 36.0 Å². The molecule has 2 aliphatic rings. The molecule has 0 radical (unpaired) electrons. The number of fused-ring (bicyclic) bond motifs is 1. The second-order valence-electron chi connectivity index (χ2n) is 7.24. The molecular weight excluding hydrogens is 354 g/mol. The highest BCUT2D eigenvalue weighted by atomic mass is 19.3. The van der Waals surface area contributed by atoms with Gasteiger partial charge in [-0.3, -0.25) is 9.78 Å². The fourth-order valence-corrected chi connectivity index (χ4v) is 3.49. The summed E-state index contributed by atoms with van der Waals surface area (Å²) in [6, 6.07) is 6.36. The van der Waals surface area contributed by atoms with Crippen molar-refractivity contribution in [3.63, 3.8) is 0 Å². The normalized spacial score (nSPS) is 22.8. The molecule has 0 bridgehead atoms. The second-order valence-corrected chi connectivity index (χ2v) is 7.24. The van der Waals surface area contributed by atoms with Gasteiger partial charge in [0.05, 0.1) is 23.3 Å². The lowest BCUT2D eigenvalue weighted by atomic mass is 9.92. The van der Waals surface area contributed by atoms with Gasteiger partial charge in [-0.2, -0.15) is 8.78 Å². The van der Waals surface area contributed by atoms with Crippen LogP contribution in [-0.2, 0) is 4.74 Å². The molecular formula is C20H22F2N2O3. The van der Waals surface area contributed by atoms with Gasteiger partial charge in [-0.25, -0.2) is 0 Å². The van der Waals surface area contributed by atoms with Gasteiger partial charge in [0.2, 0.25) is 0 Å². The van der Waals surface area contributed by atoms with Crippen LogP contribution in [0.3, 0.4) is 0 Å². The maximum Gasteiger partial charge on any atom is 0.387 e. The minimum Gasteiger partial charge on any atom is -0.435 e. The second kappa shape index (κ2) is 7.76. The number of pyridine rings is 1. The quantitative estimate of drug-likeness (QED) is 0.826. The highest BCUT2D eigenvalue weighted by Gasteiger charge is 2.29. The first-order valence-corrected chi connectivity index (χ1v) is 9.38. The van der Waals surface area contributed by atoms with Gasteiger partial charge in [0.1, 0.15) is 5.75 Å². The summed E-state index contributed by atoms with van der Waals surface area (Å²) in [4.78, 5) is 16.7. The van der Waals surface area contributed by atoms with Crippen LogP contribution < -0.4 is 10.1 Å². The molecule has 5 nitrogen and oxygen atoms in total. The Morgan fingerprint density at radius 2 is 1.78 bits per heavy atom. The number of amides is 1. The van der Waals surface area contributed by atoms with Gasteiger partial charge in [-0.15, -0.1) is 0 Å². The first-order valence-electron chi connectivity index (χ1n) is 9.38. The van der Waals surface area contributed by atoms with Crippen LogP contribution in [0.15, 0.2) is 30.5 Å². The number of ether oxygens (including phenoxy) is 2. The summed E-state index contributed by atoms with van der Waals surface area (Å²) < 4.78 is 34.9. The molecule has 1 amide bonds. The number of aromatic nitrogens is 1. The number of carbonyl (C=O) groups is 1. The lowest BCUT2D eigenvalue weighted by Gasteiger charge is -2.29. The fourth-order valence-electron chi connectivity index (χ4n) is 3.49. The summed E-state index contributed by atoms with van der Waals surface area (Å²) >= 11 is 0. The fraction of sp³-hybridized carbons (Fsp3) is 0.500. The van der Waals surface area contributed by atoms with Gasteiger partial charge < -0.3 is 14.8 Å². The topological polar surface area (TPSA) is 60.5 Å². The van der Waals surface area contributed by atoms with E-state index in [-0.39, 0.29) is 17.7 Å². The van der Waals surface area contributed by atoms with E-state index in [4.69, 9.17) is 4.74 Å². The monoisotopic (exact) mass is 376 g/mol. The Morgan fingerprint density at radius 3 is 2.44 bits per heavy atom. The number of nitrogens with zero attached hydrogens (tertiary/aromatic N) is 1. The Bertz CT molecular complexity index is 818.